The molecule has 1 fully saturated rings. The standard InChI is InChI=1S/C10H19NO3/c1-7(2)6-11-9(10(12)13)8-4-3-5-14-8/h7-9,11H,3-6H2,1-2H3,(H,12,13). The number of carbonyl (C=O) groups is 1. The van der Waals surface area contributed by atoms with Crippen molar-refractivity contribution in [3.05, 3.63) is 0 Å². The molecule has 0 aliphatic carbocycles. The molecule has 4 nitrogen and oxygen atoms in total. The number of hydrogen-bond acceptors (Lipinski definition) is 3. The average molecular weight is 201 g/mol. The van der Waals surface area contributed by atoms with Gasteiger partial charge >= 0.3 is 5.97 Å². The minimum absolute atomic E-state index is 0.147. The van der Waals surface area contributed by atoms with Gasteiger partial charge in [-0.05, 0) is 25.3 Å². The molecule has 82 valence electrons. The molecule has 2 unspecified atom stereocenters. The number of carboxylic acids is 1. The molecule has 0 bridgehead atoms. The lowest BCUT2D eigenvalue weighted by Crippen LogP contribution is -2.47. The van der Waals surface area contributed by atoms with Crippen LogP contribution in [0.2, 0.25) is 0 Å². The molecule has 4 heteroatoms. The van der Waals surface area contributed by atoms with Gasteiger partial charge < -0.3 is 15.2 Å². The fraction of sp³-hybridized carbons (Fsp3) is 0.900. The van der Waals surface area contributed by atoms with E-state index in [4.69, 9.17) is 9.84 Å². The summed E-state index contributed by atoms with van der Waals surface area (Å²) >= 11 is 0. The van der Waals surface area contributed by atoms with Gasteiger partial charge in [0.2, 0.25) is 0 Å². The highest BCUT2D eigenvalue weighted by atomic mass is 16.5. The topological polar surface area (TPSA) is 58.6 Å². The fourth-order valence-electron chi connectivity index (χ4n) is 1.61. The van der Waals surface area contributed by atoms with Gasteiger partial charge in [0.05, 0.1) is 6.10 Å². The first-order valence-electron chi connectivity index (χ1n) is 5.19. The Labute approximate surface area is 84.6 Å². The van der Waals surface area contributed by atoms with Crippen LogP contribution in [0, 0.1) is 5.92 Å². The molecule has 1 saturated heterocycles. The maximum atomic E-state index is 11.0. The number of rotatable bonds is 5. The molecule has 0 saturated carbocycles. The molecule has 1 aliphatic heterocycles. The maximum Gasteiger partial charge on any atom is 0.323 e. The van der Waals surface area contributed by atoms with Crippen molar-refractivity contribution < 1.29 is 14.6 Å². The van der Waals surface area contributed by atoms with Crippen molar-refractivity contribution in [2.45, 2.75) is 38.8 Å². The zero-order chi connectivity index (χ0) is 10.6. The highest BCUT2D eigenvalue weighted by Gasteiger charge is 2.31. The third-order valence-corrected chi connectivity index (χ3v) is 2.35. The van der Waals surface area contributed by atoms with Crippen molar-refractivity contribution in [1.29, 1.82) is 0 Å². The van der Waals surface area contributed by atoms with Crippen LogP contribution >= 0.6 is 0 Å². The monoisotopic (exact) mass is 201 g/mol. The van der Waals surface area contributed by atoms with E-state index in [1.54, 1.807) is 0 Å². The summed E-state index contributed by atoms with van der Waals surface area (Å²) in [6.07, 6.45) is 1.67. The summed E-state index contributed by atoms with van der Waals surface area (Å²) in [5.74, 6) is -0.351. The van der Waals surface area contributed by atoms with Crippen molar-refractivity contribution in [3.8, 4) is 0 Å². The fourth-order valence-corrected chi connectivity index (χ4v) is 1.61. The number of ether oxygens (including phenoxy) is 1. The van der Waals surface area contributed by atoms with E-state index < -0.39 is 12.0 Å². The third kappa shape index (κ3) is 3.27. The lowest BCUT2D eigenvalue weighted by atomic mass is 10.1. The van der Waals surface area contributed by atoms with Gasteiger partial charge in [0.25, 0.3) is 0 Å². The molecular formula is C10H19NO3. The molecule has 0 spiro atoms. The lowest BCUT2D eigenvalue weighted by Gasteiger charge is -2.21. The van der Waals surface area contributed by atoms with E-state index in [0.717, 1.165) is 19.4 Å². The van der Waals surface area contributed by atoms with Crippen LogP contribution in [0.4, 0.5) is 0 Å². The minimum atomic E-state index is -0.808. The maximum absolute atomic E-state index is 11.0. The first-order chi connectivity index (χ1) is 6.61. The number of nitrogens with one attached hydrogen (secondary N) is 1. The quantitative estimate of drug-likeness (QED) is 0.692. The predicted molar refractivity (Wildman–Crippen MR) is 53.2 cm³/mol. The van der Waals surface area contributed by atoms with Gasteiger partial charge in [-0.2, -0.15) is 0 Å². The van der Waals surface area contributed by atoms with Gasteiger partial charge in [-0.1, -0.05) is 13.8 Å². The summed E-state index contributed by atoms with van der Waals surface area (Å²) in [4.78, 5) is 11.0. The molecule has 1 rings (SSSR count). The highest BCUT2D eigenvalue weighted by Crippen LogP contribution is 2.16. The van der Waals surface area contributed by atoms with Gasteiger partial charge in [0.1, 0.15) is 6.04 Å². The molecular weight excluding hydrogens is 182 g/mol. The van der Waals surface area contributed by atoms with E-state index in [-0.39, 0.29) is 6.10 Å². The SMILES string of the molecule is CC(C)CNC(C(=O)O)C1CCCO1. The summed E-state index contributed by atoms with van der Waals surface area (Å²) in [6.45, 7) is 5.53. The average Bonchev–Trinajstić information content (AvgIpc) is 2.56. The summed E-state index contributed by atoms with van der Waals surface area (Å²) < 4.78 is 5.37. The van der Waals surface area contributed by atoms with Crippen molar-refractivity contribution in [1.82, 2.24) is 5.32 Å². The second-order valence-corrected chi connectivity index (χ2v) is 4.17. The zero-order valence-corrected chi connectivity index (χ0v) is 8.82. The number of hydrogen-bond donors (Lipinski definition) is 2. The summed E-state index contributed by atoms with van der Waals surface area (Å²) in [6, 6.07) is -0.542. The normalized spacial score (nSPS) is 24.1. The molecule has 2 N–H and O–H groups in total. The van der Waals surface area contributed by atoms with Crippen LogP contribution in [-0.2, 0) is 9.53 Å². The van der Waals surface area contributed by atoms with Gasteiger partial charge in [0.15, 0.2) is 0 Å². The predicted octanol–water partition coefficient (Wildman–Crippen LogP) is 0.864. The van der Waals surface area contributed by atoms with E-state index in [0.29, 0.717) is 12.5 Å². The van der Waals surface area contributed by atoms with Crippen molar-refractivity contribution in [2.75, 3.05) is 13.2 Å². The first kappa shape index (κ1) is 11.5. The number of aliphatic carboxylic acids is 1. The number of carboxylic acid groups (broad SMARTS) is 1. The van der Waals surface area contributed by atoms with E-state index in [1.165, 1.54) is 0 Å². The van der Waals surface area contributed by atoms with Crippen LogP contribution in [0.3, 0.4) is 0 Å². The molecule has 1 heterocycles. The molecule has 0 aromatic carbocycles. The molecule has 0 radical (unpaired) electrons. The second kappa shape index (κ2) is 5.32. The molecule has 0 aromatic heterocycles. The molecule has 0 amide bonds. The van der Waals surface area contributed by atoms with E-state index in [2.05, 4.69) is 19.2 Å². The van der Waals surface area contributed by atoms with E-state index in [9.17, 15) is 4.79 Å². The summed E-state index contributed by atoms with van der Waals surface area (Å²) in [7, 11) is 0. The van der Waals surface area contributed by atoms with Crippen molar-refractivity contribution in [2.24, 2.45) is 5.92 Å². The van der Waals surface area contributed by atoms with Crippen LogP contribution in [-0.4, -0.2) is 36.4 Å². The van der Waals surface area contributed by atoms with Crippen LogP contribution in [0.5, 0.6) is 0 Å². The third-order valence-electron chi connectivity index (χ3n) is 2.35. The van der Waals surface area contributed by atoms with Crippen molar-refractivity contribution >= 4 is 5.97 Å². The van der Waals surface area contributed by atoms with E-state index in [1.807, 2.05) is 0 Å². The summed E-state index contributed by atoms with van der Waals surface area (Å²) in [5.41, 5.74) is 0. The van der Waals surface area contributed by atoms with Crippen molar-refractivity contribution in [3.63, 3.8) is 0 Å². The minimum Gasteiger partial charge on any atom is -0.480 e. The van der Waals surface area contributed by atoms with Gasteiger partial charge in [-0.3, -0.25) is 4.79 Å². The smallest absolute Gasteiger partial charge is 0.323 e. The first-order valence-corrected chi connectivity index (χ1v) is 5.19. The van der Waals surface area contributed by atoms with E-state index >= 15 is 0 Å². The molecule has 1 aliphatic rings. The summed E-state index contributed by atoms with van der Waals surface area (Å²) in [5, 5.41) is 12.0. The largest absolute Gasteiger partial charge is 0.480 e. The lowest BCUT2D eigenvalue weighted by molar-refractivity contribution is -0.142. The van der Waals surface area contributed by atoms with Gasteiger partial charge in [-0.25, -0.2) is 0 Å². The Morgan fingerprint density at radius 3 is 2.79 bits per heavy atom. The molecule has 0 aromatic rings. The van der Waals surface area contributed by atoms with Crippen LogP contribution in [0.1, 0.15) is 26.7 Å². The Bertz CT molecular complexity index is 188. The van der Waals surface area contributed by atoms with Crippen LogP contribution in [0.25, 0.3) is 0 Å². The van der Waals surface area contributed by atoms with Gasteiger partial charge in [0, 0.05) is 6.61 Å². The van der Waals surface area contributed by atoms with Gasteiger partial charge in [-0.15, -0.1) is 0 Å². The Kier molecular flexibility index (Phi) is 4.35. The second-order valence-electron chi connectivity index (χ2n) is 4.17. The molecule has 14 heavy (non-hydrogen) atoms. The Morgan fingerprint density at radius 2 is 2.36 bits per heavy atom. The zero-order valence-electron chi connectivity index (χ0n) is 8.82. The van der Waals surface area contributed by atoms with Crippen LogP contribution < -0.4 is 5.32 Å². The molecule has 2 atom stereocenters. The Hall–Kier alpha value is -0.610. The van der Waals surface area contributed by atoms with Crippen LogP contribution in [0.15, 0.2) is 0 Å². The Morgan fingerprint density at radius 1 is 1.64 bits per heavy atom. The Balaban J connectivity index is 2.42. The highest BCUT2D eigenvalue weighted by molar-refractivity contribution is 5.74.